The minimum absolute atomic E-state index is 0.283. The number of piperazine rings is 1. The number of nitrogens with zero attached hydrogens (tertiary/aromatic N) is 2. The van der Waals surface area contributed by atoms with Crippen LogP contribution in [0.25, 0.3) is 0 Å². The highest BCUT2D eigenvalue weighted by Crippen LogP contribution is 2.20. The van der Waals surface area contributed by atoms with E-state index in [1.54, 1.807) is 31.4 Å². The number of methoxy groups -OCH3 is 1. The molecule has 7 nitrogen and oxygen atoms in total. The van der Waals surface area contributed by atoms with Gasteiger partial charge in [-0.15, -0.1) is 0 Å². The van der Waals surface area contributed by atoms with Gasteiger partial charge in [0.15, 0.2) is 5.11 Å². The zero-order valence-corrected chi connectivity index (χ0v) is 16.2. The molecule has 9 heteroatoms. The number of ether oxygens (including phenoxy) is 2. The van der Waals surface area contributed by atoms with Crippen LogP contribution < -0.4 is 10.1 Å². The third-order valence-electron chi connectivity index (χ3n) is 3.88. The minimum atomic E-state index is -3.50. The van der Waals surface area contributed by atoms with Gasteiger partial charge in [-0.1, -0.05) is 0 Å². The van der Waals surface area contributed by atoms with Crippen molar-refractivity contribution in [2.24, 2.45) is 0 Å². The lowest BCUT2D eigenvalue weighted by Crippen LogP contribution is -2.53. The van der Waals surface area contributed by atoms with Crippen LogP contribution >= 0.6 is 12.2 Å². The van der Waals surface area contributed by atoms with E-state index in [4.69, 9.17) is 21.7 Å². The lowest BCUT2D eigenvalue weighted by atomic mass is 10.3. The van der Waals surface area contributed by atoms with Gasteiger partial charge in [0, 0.05) is 39.8 Å². The molecule has 1 aromatic carbocycles. The molecule has 1 saturated heterocycles. The first-order chi connectivity index (χ1) is 12.0. The first-order valence-corrected chi connectivity index (χ1v) is 10.1. The molecule has 0 unspecified atom stereocenters. The van der Waals surface area contributed by atoms with Gasteiger partial charge < -0.3 is 19.7 Å². The Morgan fingerprint density at radius 1 is 1.20 bits per heavy atom. The van der Waals surface area contributed by atoms with Gasteiger partial charge in [-0.2, -0.15) is 4.31 Å². The summed E-state index contributed by atoms with van der Waals surface area (Å²) in [4.78, 5) is 2.26. The maximum absolute atomic E-state index is 12.7. The second kappa shape index (κ2) is 9.33. The second-order valence-electron chi connectivity index (χ2n) is 5.52. The Labute approximate surface area is 154 Å². The van der Waals surface area contributed by atoms with E-state index >= 15 is 0 Å². The zero-order chi connectivity index (χ0) is 18.3. The molecule has 1 fully saturated rings. The maximum Gasteiger partial charge on any atom is 0.243 e. The summed E-state index contributed by atoms with van der Waals surface area (Å²) in [6, 6.07) is 6.54. The van der Waals surface area contributed by atoms with Crippen molar-refractivity contribution >= 4 is 27.4 Å². The summed E-state index contributed by atoms with van der Waals surface area (Å²) >= 11 is 5.33. The smallest absolute Gasteiger partial charge is 0.243 e. The molecule has 2 rings (SSSR count). The molecule has 1 aliphatic rings. The summed E-state index contributed by atoms with van der Waals surface area (Å²) in [5.74, 6) is 0.666. The first kappa shape index (κ1) is 19.9. The summed E-state index contributed by atoms with van der Waals surface area (Å²) in [7, 11) is -1.86. The van der Waals surface area contributed by atoms with Crippen molar-refractivity contribution < 1.29 is 17.9 Å². The Bertz CT molecular complexity index is 656. The SMILES string of the molecule is CCOc1ccc(S(=O)(=O)N2CCN(C(=S)NCCOC)CC2)cc1. The molecular formula is C16H25N3O4S2. The number of nitrogens with one attached hydrogen (secondary N) is 1. The van der Waals surface area contributed by atoms with Crippen LogP contribution in [0.5, 0.6) is 5.75 Å². The highest BCUT2D eigenvalue weighted by molar-refractivity contribution is 7.89. The Morgan fingerprint density at radius 3 is 2.40 bits per heavy atom. The summed E-state index contributed by atoms with van der Waals surface area (Å²) in [5.41, 5.74) is 0. The highest BCUT2D eigenvalue weighted by Gasteiger charge is 2.29. The molecule has 0 bridgehead atoms. The fraction of sp³-hybridized carbons (Fsp3) is 0.562. The molecule has 0 spiro atoms. The molecule has 1 aliphatic heterocycles. The van der Waals surface area contributed by atoms with E-state index in [0.717, 1.165) is 0 Å². The molecule has 1 N–H and O–H groups in total. The summed E-state index contributed by atoms with van der Waals surface area (Å²) in [6.07, 6.45) is 0. The van der Waals surface area contributed by atoms with Crippen molar-refractivity contribution in [2.75, 3.05) is 53.0 Å². The predicted molar refractivity (Wildman–Crippen MR) is 100 cm³/mol. The molecular weight excluding hydrogens is 362 g/mol. The molecule has 0 saturated carbocycles. The van der Waals surface area contributed by atoms with Crippen molar-refractivity contribution in [3.63, 3.8) is 0 Å². The molecule has 0 radical (unpaired) electrons. The van der Waals surface area contributed by atoms with Gasteiger partial charge >= 0.3 is 0 Å². The van der Waals surface area contributed by atoms with Gasteiger partial charge in [0.1, 0.15) is 5.75 Å². The fourth-order valence-corrected chi connectivity index (χ4v) is 4.23. The number of hydrogen-bond acceptors (Lipinski definition) is 5. The van der Waals surface area contributed by atoms with E-state index in [0.29, 0.717) is 56.8 Å². The van der Waals surface area contributed by atoms with Gasteiger partial charge in [0.05, 0.1) is 18.1 Å². The quantitative estimate of drug-likeness (QED) is 0.551. The van der Waals surface area contributed by atoms with Crippen LogP contribution in [0.3, 0.4) is 0 Å². The molecule has 140 valence electrons. The molecule has 0 atom stereocenters. The van der Waals surface area contributed by atoms with Crippen molar-refractivity contribution in [2.45, 2.75) is 11.8 Å². The highest BCUT2D eigenvalue weighted by atomic mass is 32.2. The predicted octanol–water partition coefficient (Wildman–Crippen LogP) is 0.913. The van der Waals surface area contributed by atoms with Gasteiger partial charge in [-0.05, 0) is 43.4 Å². The van der Waals surface area contributed by atoms with E-state index in [1.807, 2.05) is 11.8 Å². The Kier molecular flexibility index (Phi) is 7.42. The van der Waals surface area contributed by atoms with Crippen LogP contribution in [0.1, 0.15) is 6.92 Å². The van der Waals surface area contributed by atoms with Crippen LogP contribution in [0.2, 0.25) is 0 Å². The second-order valence-corrected chi connectivity index (χ2v) is 7.84. The maximum atomic E-state index is 12.7. The number of benzene rings is 1. The molecule has 0 aliphatic carbocycles. The lowest BCUT2D eigenvalue weighted by Gasteiger charge is -2.35. The normalized spacial score (nSPS) is 15.8. The average Bonchev–Trinajstić information content (AvgIpc) is 2.63. The lowest BCUT2D eigenvalue weighted by molar-refractivity contribution is 0.201. The molecule has 1 aromatic rings. The fourth-order valence-electron chi connectivity index (χ4n) is 2.53. The summed E-state index contributed by atoms with van der Waals surface area (Å²) in [6.45, 7) is 5.59. The largest absolute Gasteiger partial charge is 0.494 e. The van der Waals surface area contributed by atoms with Gasteiger partial charge in [0.2, 0.25) is 10.0 Å². The van der Waals surface area contributed by atoms with Gasteiger partial charge in [-0.3, -0.25) is 0 Å². The standard InChI is InChI=1S/C16H25N3O4S2/c1-3-23-14-4-6-15(7-5-14)25(20,21)19-11-9-18(10-12-19)16(24)17-8-13-22-2/h4-7H,3,8-13H2,1-2H3,(H,17,24). The number of thiocarbonyl (C=S) groups is 1. The van der Waals surface area contributed by atoms with Crippen molar-refractivity contribution in [3.8, 4) is 5.75 Å². The van der Waals surface area contributed by atoms with Crippen LogP contribution in [0, 0.1) is 0 Å². The summed E-state index contributed by atoms with van der Waals surface area (Å²) in [5, 5.41) is 3.74. The van der Waals surface area contributed by atoms with Crippen molar-refractivity contribution in [1.82, 2.24) is 14.5 Å². The number of sulfonamides is 1. The van der Waals surface area contributed by atoms with Gasteiger partial charge in [0.25, 0.3) is 0 Å². The molecule has 0 amide bonds. The summed E-state index contributed by atoms with van der Waals surface area (Å²) < 4.78 is 37.3. The van der Waals surface area contributed by atoms with Crippen molar-refractivity contribution in [1.29, 1.82) is 0 Å². The van der Waals surface area contributed by atoms with Crippen molar-refractivity contribution in [3.05, 3.63) is 24.3 Å². The van der Waals surface area contributed by atoms with Crippen LogP contribution in [0.15, 0.2) is 29.2 Å². The monoisotopic (exact) mass is 387 g/mol. The van der Waals surface area contributed by atoms with Crippen LogP contribution in [-0.2, 0) is 14.8 Å². The average molecular weight is 388 g/mol. The van der Waals surface area contributed by atoms with E-state index in [1.165, 1.54) is 4.31 Å². The molecule has 0 aromatic heterocycles. The van der Waals surface area contributed by atoms with Gasteiger partial charge in [-0.25, -0.2) is 8.42 Å². The zero-order valence-electron chi connectivity index (χ0n) is 14.6. The number of hydrogen-bond donors (Lipinski definition) is 1. The Morgan fingerprint density at radius 2 is 1.84 bits per heavy atom. The molecule has 1 heterocycles. The topological polar surface area (TPSA) is 71.1 Å². The number of rotatable bonds is 7. The van der Waals surface area contributed by atoms with E-state index in [2.05, 4.69) is 5.32 Å². The molecule has 25 heavy (non-hydrogen) atoms. The Balaban J connectivity index is 1.93. The van der Waals surface area contributed by atoms with Crippen LogP contribution in [0.4, 0.5) is 0 Å². The van der Waals surface area contributed by atoms with E-state index < -0.39 is 10.0 Å². The third kappa shape index (κ3) is 5.27. The Hall–Kier alpha value is -1.42. The third-order valence-corrected chi connectivity index (χ3v) is 6.20. The minimum Gasteiger partial charge on any atom is -0.494 e. The first-order valence-electron chi connectivity index (χ1n) is 8.23. The van der Waals surface area contributed by atoms with E-state index in [-0.39, 0.29) is 4.90 Å². The van der Waals surface area contributed by atoms with E-state index in [9.17, 15) is 8.42 Å². The van der Waals surface area contributed by atoms with Crippen LogP contribution in [-0.4, -0.2) is 75.8 Å².